The van der Waals surface area contributed by atoms with Gasteiger partial charge in [-0.3, -0.25) is 10.1 Å². The summed E-state index contributed by atoms with van der Waals surface area (Å²) in [6, 6.07) is 20.9. The van der Waals surface area contributed by atoms with E-state index in [-0.39, 0.29) is 12.3 Å². The molecule has 8 nitrogen and oxygen atoms in total. The summed E-state index contributed by atoms with van der Waals surface area (Å²) in [7, 11) is 3.22. The Kier molecular flexibility index (Phi) is 6.03. The van der Waals surface area contributed by atoms with E-state index in [1.165, 1.54) is 12.1 Å². The van der Waals surface area contributed by atoms with Crippen molar-refractivity contribution in [2.75, 3.05) is 14.2 Å². The van der Waals surface area contributed by atoms with Crippen LogP contribution in [0.25, 0.3) is 22.6 Å². The van der Waals surface area contributed by atoms with Crippen molar-refractivity contribution in [1.29, 1.82) is 0 Å². The number of nitrogens with zero attached hydrogens (tertiary/aromatic N) is 2. The summed E-state index contributed by atoms with van der Waals surface area (Å²) >= 11 is 0. The summed E-state index contributed by atoms with van der Waals surface area (Å²) < 4.78 is 22.2. The number of hydrogen-bond acceptors (Lipinski definition) is 7. The van der Waals surface area contributed by atoms with Gasteiger partial charge >= 0.3 is 0 Å². The summed E-state index contributed by atoms with van der Waals surface area (Å²) in [4.78, 5) is 15.1. The molecule has 0 fully saturated rings. The number of hydrogen-bond donors (Lipinski definition) is 0. The molecule has 0 atom stereocenters. The average molecular weight is 432 g/mol. The maximum Gasteiger partial charge on any atom is 0.273 e. The fraction of sp³-hybridized carbons (Fsp3) is 0.125. The molecule has 0 unspecified atom stereocenters. The second-order valence-corrected chi connectivity index (χ2v) is 6.79. The molecule has 0 radical (unpaired) electrons. The molecule has 4 rings (SSSR count). The van der Waals surface area contributed by atoms with Gasteiger partial charge in [-0.1, -0.05) is 6.07 Å². The van der Waals surface area contributed by atoms with Gasteiger partial charge in [0.1, 0.15) is 22.9 Å². The quantitative estimate of drug-likeness (QED) is 0.267. The molecule has 0 amide bonds. The number of ether oxygens (including phenoxy) is 3. The first-order valence-corrected chi connectivity index (χ1v) is 9.73. The Hall–Kier alpha value is -4.33. The summed E-state index contributed by atoms with van der Waals surface area (Å²) in [5.41, 5.74) is 2.27. The van der Waals surface area contributed by atoms with Crippen LogP contribution >= 0.6 is 0 Å². The van der Waals surface area contributed by atoms with Crippen molar-refractivity contribution < 1.29 is 23.6 Å². The van der Waals surface area contributed by atoms with Gasteiger partial charge in [-0.15, -0.1) is 0 Å². The average Bonchev–Trinajstić information content (AvgIpc) is 3.27. The van der Waals surface area contributed by atoms with Crippen LogP contribution in [0, 0.1) is 10.1 Å². The molecule has 0 saturated carbocycles. The van der Waals surface area contributed by atoms with E-state index in [4.69, 9.17) is 18.6 Å². The van der Waals surface area contributed by atoms with Crippen LogP contribution in [0.4, 0.5) is 5.69 Å². The van der Waals surface area contributed by atoms with Gasteiger partial charge in [0.15, 0.2) is 12.4 Å². The minimum absolute atomic E-state index is 0.0144. The third kappa shape index (κ3) is 4.54. The first-order chi connectivity index (χ1) is 15.6. The molecule has 162 valence electrons. The number of non-ortho nitro benzene ring substituents is 1. The Morgan fingerprint density at radius 3 is 2.09 bits per heavy atom. The molecule has 0 aliphatic carbocycles. The molecule has 0 saturated heterocycles. The zero-order chi connectivity index (χ0) is 22.5. The van der Waals surface area contributed by atoms with Crippen LogP contribution < -0.4 is 14.2 Å². The van der Waals surface area contributed by atoms with E-state index in [1.807, 2.05) is 48.5 Å². The highest BCUT2D eigenvalue weighted by Crippen LogP contribution is 2.34. The summed E-state index contributed by atoms with van der Waals surface area (Å²) in [6.07, 6.45) is 0. The molecule has 0 spiro atoms. The zero-order valence-electron chi connectivity index (χ0n) is 17.5. The van der Waals surface area contributed by atoms with Crippen molar-refractivity contribution in [3.63, 3.8) is 0 Å². The molecule has 3 aromatic carbocycles. The number of nitro groups is 1. The molecular weight excluding hydrogens is 412 g/mol. The molecule has 0 aliphatic rings. The molecule has 32 heavy (non-hydrogen) atoms. The smallest absolute Gasteiger partial charge is 0.273 e. The summed E-state index contributed by atoms with van der Waals surface area (Å²) in [5.74, 6) is 2.74. The van der Waals surface area contributed by atoms with Crippen LogP contribution in [-0.2, 0) is 6.61 Å². The van der Waals surface area contributed by atoms with Gasteiger partial charge in [0.2, 0.25) is 5.89 Å². The Morgan fingerprint density at radius 1 is 0.875 bits per heavy atom. The van der Waals surface area contributed by atoms with Crippen molar-refractivity contribution >= 4 is 5.69 Å². The monoisotopic (exact) mass is 432 g/mol. The minimum Gasteiger partial charge on any atom is -0.497 e. The van der Waals surface area contributed by atoms with E-state index >= 15 is 0 Å². The van der Waals surface area contributed by atoms with Gasteiger partial charge in [-0.05, 0) is 54.6 Å². The molecular formula is C24H20N2O6. The van der Waals surface area contributed by atoms with Gasteiger partial charge in [-0.25, -0.2) is 4.98 Å². The highest BCUT2D eigenvalue weighted by Gasteiger charge is 2.18. The number of benzene rings is 3. The molecule has 1 heterocycles. The number of methoxy groups -OCH3 is 2. The lowest BCUT2D eigenvalue weighted by Crippen LogP contribution is -1.96. The van der Waals surface area contributed by atoms with E-state index in [2.05, 4.69) is 4.98 Å². The van der Waals surface area contributed by atoms with Crippen LogP contribution in [0.5, 0.6) is 17.2 Å². The topological polar surface area (TPSA) is 96.9 Å². The van der Waals surface area contributed by atoms with E-state index in [9.17, 15) is 10.1 Å². The standard InChI is InChI=1S/C24H20N2O6/c1-29-19-10-6-16(7-11-19)23-24(17-8-12-20(30-2)13-9-17)32-22(25-23)15-31-21-5-3-4-18(14-21)26(27)28/h3-14H,15H2,1-2H3. The van der Waals surface area contributed by atoms with Gasteiger partial charge in [0.05, 0.1) is 25.2 Å². The van der Waals surface area contributed by atoms with Crippen molar-refractivity contribution in [1.82, 2.24) is 4.98 Å². The highest BCUT2D eigenvalue weighted by molar-refractivity contribution is 5.77. The molecule has 0 aliphatic heterocycles. The Morgan fingerprint density at radius 2 is 1.50 bits per heavy atom. The molecule has 0 bridgehead atoms. The van der Waals surface area contributed by atoms with Gasteiger partial charge in [0.25, 0.3) is 5.69 Å². The Labute approximate surface area is 184 Å². The molecule has 4 aromatic rings. The zero-order valence-corrected chi connectivity index (χ0v) is 17.5. The largest absolute Gasteiger partial charge is 0.497 e. The lowest BCUT2D eigenvalue weighted by atomic mass is 10.1. The molecule has 1 aromatic heterocycles. The van der Waals surface area contributed by atoms with Crippen LogP contribution in [0.1, 0.15) is 5.89 Å². The third-order valence-corrected chi connectivity index (χ3v) is 4.78. The fourth-order valence-corrected chi connectivity index (χ4v) is 3.14. The first kappa shape index (κ1) is 20.9. The van der Waals surface area contributed by atoms with E-state index < -0.39 is 4.92 Å². The lowest BCUT2D eigenvalue weighted by molar-refractivity contribution is -0.384. The maximum absolute atomic E-state index is 11.0. The van der Waals surface area contributed by atoms with Crippen LogP contribution in [-0.4, -0.2) is 24.1 Å². The second kappa shape index (κ2) is 9.22. The number of oxazole rings is 1. The van der Waals surface area contributed by atoms with Crippen LogP contribution in [0.15, 0.2) is 77.2 Å². The van der Waals surface area contributed by atoms with E-state index in [1.54, 1.807) is 26.4 Å². The molecule has 0 N–H and O–H groups in total. The van der Waals surface area contributed by atoms with Crippen LogP contribution in [0.3, 0.4) is 0 Å². The number of rotatable bonds is 8. The van der Waals surface area contributed by atoms with Crippen molar-refractivity contribution in [3.05, 3.63) is 88.8 Å². The van der Waals surface area contributed by atoms with E-state index in [0.29, 0.717) is 23.1 Å². The maximum atomic E-state index is 11.0. The summed E-state index contributed by atoms with van der Waals surface area (Å²) in [5, 5.41) is 11.0. The summed E-state index contributed by atoms with van der Waals surface area (Å²) in [6.45, 7) is 0.0144. The first-order valence-electron chi connectivity index (χ1n) is 9.73. The van der Waals surface area contributed by atoms with Crippen molar-refractivity contribution in [2.24, 2.45) is 0 Å². The normalized spacial score (nSPS) is 10.6. The van der Waals surface area contributed by atoms with Gasteiger partial charge in [0, 0.05) is 17.2 Å². The fourth-order valence-electron chi connectivity index (χ4n) is 3.14. The van der Waals surface area contributed by atoms with Crippen LogP contribution in [0.2, 0.25) is 0 Å². The van der Waals surface area contributed by atoms with Gasteiger partial charge in [-0.2, -0.15) is 0 Å². The lowest BCUT2D eigenvalue weighted by Gasteiger charge is -2.04. The van der Waals surface area contributed by atoms with Crippen molar-refractivity contribution in [3.8, 4) is 39.8 Å². The Balaban J connectivity index is 1.66. The predicted octanol–water partition coefficient (Wildman–Crippen LogP) is 5.51. The van der Waals surface area contributed by atoms with Crippen molar-refractivity contribution in [2.45, 2.75) is 6.61 Å². The number of aromatic nitrogens is 1. The number of nitro benzene ring substituents is 1. The SMILES string of the molecule is COc1ccc(-c2nc(COc3cccc([N+](=O)[O-])c3)oc2-c2ccc(OC)cc2)cc1. The third-order valence-electron chi connectivity index (χ3n) is 4.78. The predicted molar refractivity (Wildman–Crippen MR) is 118 cm³/mol. The van der Waals surface area contributed by atoms with Gasteiger partial charge < -0.3 is 18.6 Å². The minimum atomic E-state index is -0.471. The Bertz CT molecular complexity index is 1150. The molecule has 8 heteroatoms. The highest BCUT2D eigenvalue weighted by atomic mass is 16.6. The second-order valence-electron chi connectivity index (χ2n) is 6.79. The van der Waals surface area contributed by atoms with E-state index in [0.717, 1.165) is 22.6 Å².